The van der Waals surface area contributed by atoms with Gasteiger partial charge in [0.2, 0.25) is 0 Å². The minimum Gasteiger partial charge on any atom is -0.298 e. The van der Waals surface area contributed by atoms with Crippen LogP contribution in [-0.4, -0.2) is 17.0 Å². The highest BCUT2D eigenvalue weighted by Crippen LogP contribution is 2.13. The van der Waals surface area contributed by atoms with Gasteiger partial charge in [0, 0.05) is 17.3 Å². The molecule has 18 heavy (non-hydrogen) atoms. The molecule has 0 radical (unpaired) electrons. The van der Waals surface area contributed by atoms with E-state index in [1.165, 1.54) is 18.3 Å². The van der Waals surface area contributed by atoms with E-state index in [-0.39, 0.29) is 11.5 Å². The molecule has 0 amide bonds. The van der Waals surface area contributed by atoms with Crippen molar-refractivity contribution in [2.24, 2.45) is 0 Å². The number of halogens is 1. The third-order valence-corrected chi connectivity index (χ3v) is 2.59. The van der Waals surface area contributed by atoms with Crippen molar-refractivity contribution < 1.29 is 9.18 Å². The highest BCUT2D eigenvalue weighted by atomic mass is 19.1. The summed E-state index contributed by atoms with van der Waals surface area (Å²) in [5.41, 5.74) is 2.23. The fourth-order valence-electron chi connectivity index (χ4n) is 1.70. The highest BCUT2D eigenvalue weighted by Gasteiger charge is 2.10. The molecular formula is C14H11FN2O. The summed E-state index contributed by atoms with van der Waals surface area (Å²) in [5.74, 6) is -0.389. The van der Waals surface area contributed by atoms with Crippen LogP contribution in [0, 0.1) is 18.2 Å². The number of aldehydes is 1. The van der Waals surface area contributed by atoms with Gasteiger partial charge in [-0.3, -0.25) is 15.2 Å². The molecule has 0 unspecified atom stereocenters. The van der Waals surface area contributed by atoms with Crippen molar-refractivity contribution in [3.63, 3.8) is 0 Å². The molecule has 0 aliphatic rings. The van der Waals surface area contributed by atoms with Crippen LogP contribution in [0.15, 0.2) is 36.5 Å². The predicted octanol–water partition coefficient (Wildman–Crippen LogP) is 2.76. The van der Waals surface area contributed by atoms with Gasteiger partial charge in [-0.25, -0.2) is 4.39 Å². The molecule has 0 spiro atoms. The Morgan fingerprint density at radius 1 is 1.39 bits per heavy atom. The topological polar surface area (TPSA) is 53.8 Å². The largest absolute Gasteiger partial charge is 0.298 e. The van der Waals surface area contributed by atoms with E-state index < -0.39 is 0 Å². The lowest BCUT2D eigenvalue weighted by atomic mass is 10.0. The van der Waals surface area contributed by atoms with Crippen LogP contribution in [-0.2, 0) is 0 Å². The molecular weight excluding hydrogens is 231 g/mol. The van der Waals surface area contributed by atoms with Gasteiger partial charge < -0.3 is 0 Å². The molecule has 1 heterocycles. The van der Waals surface area contributed by atoms with Crippen LogP contribution in [0.4, 0.5) is 4.39 Å². The number of pyridine rings is 1. The molecule has 0 saturated heterocycles. The summed E-state index contributed by atoms with van der Waals surface area (Å²) in [6.45, 7) is 1.77. The Balaban J connectivity index is 2.43. The molecule has 0 bridgehead atoms. The van der Waals surface area contributed by atoms with E-state index in [2.05, 4.69) is 4.98 Å². The first-order valence-electron chi connectivity index (χ1n) is 5.38. The Morgan fingerprint density at radius 3 is 2.78 bits per heavy atom. The Hall–Kier alpha value is -2.36. The van der Waals surface area contributed by atoms with Crippen molar-refractivity contribution in [1.82, 2.24) is 4.98 Å². The van der Waals surface area contributed by atoms with E-state index in [4.69, 9.17) is 5.41 Å². The molecule has 0 fully saturated rings. The second-order valence-electron chi connectivity index (χ2n) is 3.94. The van der Waals surface area contributed by atoms with Crippen molar-refractivity contribution >= 4 is 12.0 Å². The van der Waals surface area contributed by atoms with Crippen LogP contribution < -0.4 is 0 Å². The summed E-state index contributed by atoms with van der Waals surface area (Å²) in [6.07, 6.45) is 2.11. The van der Waals surface area contributed by atoms with Gasteiger partial charge in [-0.05, 0) is 30.7 Å². The first-order valence-corrected chi connectivity index (χ1v) is 5.38. The quantitative estimate of drug-likeness (QED) is 0.664. The molecule has 1 N–H and O–H groups in total. The maximum Gasteiger partial charge on any atom is 0.151 e. The van der Waals surface area contributed by atoms with Gasteiger partial charge in [-0.15, -0.1) is 0 Å². The van der Waals surface area contributed by atoms with E-state index >= 15 is 0 Å². The van der Waals surface area contributed by atoms with Gasteiger partial charge in [-0.2, -0.15) is 0 Å². The number of hydrogen-bond acceptors (Lipinski definition) is 3. The summed E-state index contributed by atoms with van der Waals surface area (Å²) in [5, 5.41) is 8.02. The third-order valence-electron chi connectivity index (χ3n) is 2.59. The Bertz CT molecular complexity index is 623. The zero-order chi connectivity index (χ0) is 13.1. The van der Waals surface area contributed by atoms with Gasteiger partial charge in [-0.1, -0.05) is 12.1 Å². The second-order valence-corrected chi connectivity index (χ2v) is 3.94. The zero-order valence-electron chi connectivity index (χ0n) is 9.77. The number of benzene rings is 1. The standard InChI is InChI=1S/C14H11FN2O/c1-9-5-10(8-18)7-17-14(9)13(16)11-3-2-4-12(15)6-11/h2-8,16H,1H3. The zero-order valence-corrected chi connectivity index (χ0v) is 9.77. The van der Waals surface area contributed by atoms with Crippen molar-refractivity contribution in [2.75, 3.05) is 0 Å². The lowest BCUT2D eigenvalue weighted by Crippen LogP contribution is -2.07. The van der Waals surface area contributed by atoms with Crippen LogP contribution in [0.1, 0.15) is 27.2 Å². The number of carbonyl (C=O) groups excluding carboxylic acids is 1. The van der Waals surface area contributed by atoms with Gasteiger partial charge in [0.15, 0.2) is 6.29 Å². The summed E-state index contributed by atoms with van der Waals surface area (Å²) in [6, 6.07) is 7.47. The smallest absolute Gasteiger partial charge is 0.151 e. The van der Waals surface area contributed by atoms with Gasteiger partial charge in [0.1, 0.15) is 5.82 Å². The predicted molar refractivity (Wildman–Crippen MR) is 66.7 cm³/mol. The minimum atomic E-state index is -0.389. The fraction of sp³-hybridized carbons (Fsp3) is 0.0714. The number of aromatic nitrogens is 1. The summed E-state index contributed by atoms with van der Waals surface area (Å²) < 4.78 is 13.1. The first kappa shape index (κ1) is 12.1. The number of aryl methyl sites for hydroxylation is 1. The monoisotopic (exact) mass is 242 g/mol. The average molecular weight is 242 g/mol. The van der Waals surface area contributed by atoms with Crippen LogP contribution >= 0.6 is 0 Å². The van der Waals surface area contributed by atoms with E-state index in [9.17, 15) is 9.18 Å². The van der Waals surface area contributed by atoms with E-state index in [0.717, 1.165) is 0 Å². The average Bonchev–Trinajstić information content (AvgIpc) is 2.37. The molecule has 2 rings (SSSR count). The summed E-state index contributed by atoms with van der Waals surface area (Å²) >= 11 is 0. The summed E-state index contributed by atoms with van der Waals surface area (Å²) in [4.78, 5) is 14.7. The SMILES string of the molecule is Cc1cc(C=O)cnc1C(=N)c1cccc(F)c1. The lowest BCUT2D eigenvalue weighted by Gasteiger charge is -2.07. The molecule has 0 aliphatic carbocycles. The number of carbonyl (C=O) groups is 1. The number of nitrogens with one attached hydrogen (secondary N) is 1. The molecule has 3 nitrogen and oxygen atoms in total. The second kappa shape index (κ2) is 4.87. The lowest BCUT2D eigenvalue weighted by molar-refractivity contribution is 0.112. The minimum absolute atomic E-state index is 0.143. The molecule has 2 aromatic rings. The first-order chi connectivity index (χ1) is 8.61. The van der Waals surface area contributed by atoms with Crippen molar-refractivity contribution in [3.05, 3.63) is 64.7 Å². The van der Waals surface area contributed by atoms with Crippen LogP contribution in [0.25, 0.3) is 0 Å². The molecule has 1 aromatic carbocycles. The molecule has 0 saturated carbocycles. The van der Waals surface area contributed by atoms with Gasteiger partial charge >= 0.3 is 0 Å². The molecule has 1 aromatic heterocycles. The van der Waals surface area contributed by atoms with Crippen molar-refractivity contribution in [3.8, 4) is 0 Å². The van der Waals surface area contributed by atoms with Gasteiger partial charge in [0.25, 0.3) is 0 Å². The van der Waals surface area contributed by atoms with Crippen molar-refractivity contribution in [1.29, 1.82) is 5.41 Å². The fourth-order valence-corrected chi connectivity index (χ4v) is 1.70. The molecule has 0 atom stereocenters. The number of hydrogen-bond donors (Lipinski definition) is 1. The van der Waals surface area contributed by atoms with Gasteiger partial charge in [0.05, 0.1) is 11.4 Å². The summed E-state index contributed by atoms with van der Waals surface area (Å²) in [7, 11) is 0. The third kappa shape index (κ3) is 2.32. The Morgan fingerprint density at radius 2 is 2.17 bits per heavy atom. The Labute approximate surface area is 104 Å². The maximum atomic E-state index is 13.1. The normalized spacial score (nSPS) is 10.1. The van der Waals surface area contributed by atoms with Crippen LogP contribution in [0.5, 0.6) is 0 Å². The number of rotatable bonds is 3. The van der Waals surface area contributed by atoms with E-state index in [0.29, 0.717) is 28.7 Å². The van der Waals surface area contributed by atoms with E-state index in [1.54, 1.807) is 25.1 Å². The molecule has 90 valence electrons. The highest BCUT2D eigenvalue weighted by molar-refractivity contribution is 6.10. The van der Waals surface area contributed by atoms with Crippen LogP contribution in [0.2, 0.25) is 0 Å². The number of nitrogens with zero attached hydrogens (tertiary/aromatic N) is 1. The van der Waals surface area contributed by atoms with E-state index in [1.807, 2.05) is 0 Å². The maximum absolute atomic E-state index is 13.1. The Kier molecular flexibility index (Phi) is 3.28. The van der Waals surface area contributed by atoms with Crippen LogP contribution in [0.3, 0.4) is 0 Å². The molecule has 0 aliphatic heterocycles. The van der Waals surface area contributed by atoms with Crippen molar-refractivity contribution in [2.45, 2.75) is 6.92 Å². The molecule has 4 heteroatoms.